The highest BCUT2D eigenvalue weighted by Crippen LogP contribution is 2.27. The Labute approximate surface area is 196 Å². The zero-order chi connectivity index (χ0) is 21.8. The second kappa shape index (κ2) is 10.0. The van der Waals surface area contributed by atoms with Crippen LogP contribution in [0.15, 0.2) is 46.9 Å². The molecule has 1 aliphatic rings. The number of piperazine rings is 1. The van der Waals surface area contributed by atoms with Crippen LogP contribution in [-0.2, 0) is 0 Å². The molecular weight excluding hydrogens is 476 g/mol. The highest BCUT2D eigenvalue weighted by molar-refractivity contribution is 9.10. The molecule has 5 nitrogen and oxygen atoms in total. The van der Waals surface area contributed by atoms with E-state index in [1.807, 2.05) is 54.6 Å². The summed E-state index contributed by atoms with van der Waals surface area (Å²) in [6, 6.07) is 13.6. The molecular formula is C24H26BrClN4O. The number of carbonyl (C=O) groups is 1. The summed E-state index contributed by atoms with van der Waals surface area (Å²) in [6.45, 7) is 5.73. The number of aromatic amines is 1. The zero-order valence-electron chi connectivity index (χ0n) is 17.5. The quantitative estimate of drug-likeness (QED) is 0.513. The lowest BCUT2D eigenvalue weighted by Gasteiger charge is -2.32. The molecule has 162 valence electrons. The summed E-state index contributed by atoms with van der Waals surface area (Å²) in [5.41, 5.74) is 3.41. The molecule has 0 atom stereocenters. The molecule has 1 amide bonds. The number of nitrogens with one attached hydrogen (secondary N) is 2. The smallest absolute Gasteiger partial charge is 0.254 e. The van der Waals surface area contributed by atoms with Gasteiger partial charge in [-0.1, -0.05) is 51.8 Å². The van der Waals surface area contributed by atoms with E-state index < -0.39 is 0 Å². The van der Waals surface area contributed by atoms with Crippen LogP contribution in [0.25, 0.3) is 23.1 Å². The predicted octanol–water partition coefficient (Wildman–Crippen LogP) is 4.73. The van der Waals surface area contributed by atoms with E-state index in [4.69, 9.17) is 11.6 Å². The van der Waals surface area contributed by atoms with Crippen molar-refractivity contribution in [2.75, 3.05) is 46.3 Å². The number of fused-ring (bicyclic) bond motifs is 1. The molecule has 1 aliphatic heterocycles. The molecule has 0 bridgehead atoms. The number of likely N-dealkylation sites (N-methyl/N-ethyl adjacent to an activating group) is 1. The van der Waals surface area contributed by atoms with E-state index in [1.54, 1.807) is 0 Å². The first-order valence-electron chi connectivity index (χ1n) is 10.4. The second-order valence-electron chi connectivity index (χ2n) is 7.89. The van der Waals surface area contributed by atoms with E-state index in [1.165, 1.54) is 0 Å². The van der Waals surface area contributed by atoms with Gasteiger partial charge in [-0.25, -0.2) is 0 Å². The van der Waals surface area contributed by atoms with Gasteiger partial charge >= 0.3 is 0 Å². The van der Waals surface area contributed by atoms with Crippen LogP contribution in [-0.4, -0.2) is 67.0 Å². The number of H-pyrrole nitrogens is 1. The minimum absolute atomic E-state index is 0.0570. The Hall–Kier alpha value is -2.12. The average molecular weight is 502 g/mol. The maximum atomic E-state index is 13.2. The number of hydrogen-bond acceptors (Lipinski definition) is 3. The van der Waals surface area contributed by atoms with Gasteiger partial charge in [0.05, 0.1) is 11.3 Å². The summed E-state index contributed by atoms with van der Waals surface area (Å²) in [5.74, 6) is -0.0570. The van der Waals surface area contributed by atoms with Crippen molar-refractivity contribution in [2.45, 2.75) is 0 Å². The maximum Gasteiger partial charge on any atom is 0.254 e. The highest BCUT2D eigenvalue weighted by Gasteiger charge is 2.18. The summed E-state index contributed by atoms with van der Waals surface area (Å²) in [6.07, 6.45) is 3.93. The largest absolute Gasteiger partial charge is 0.354 e. The number of aromatic nitrogens is 1. The fourth-order valence-electron chi connectivity index (χ4n) is 3.80. The standard InChI is InChI=1S/C24H26BrClN4O/c1-29-12-14-30(15-13-29)11-10-27-24(31)23-20-8-5-18(25)16-22(20)28-21(23)9-4-17-2-6-19(26)7-3-17/h2-9,16,28H,10-15H2,1H3,(H,27,31)/b9-4+. The summed E-state index contributed by atoms with van der Waals surface area (Å²) in [7, 11) is 2.15. The van der Waals surface area contributed by atoms with Gasteiger partial charge in [0.15, 0.2) is 0 Å². The van der Waals surface area contributed by atoms with Crippen LogP contribution in [0.2, 0.25) is 5.02 Å². The fraction of sp³-hybridized carbons (Fsp3) is 0.292. The molecule has 0 unspecified atom stereocenters. The average Bonchev–Trinajstić information content (AvgIpc) is 3.12. The molecule has 1 aromatic heterocycles. The van der Waals surface area contributed by atoms with Crippen molar-refractivity contribution in [2.24, 2.45) is 0 Å². The third-order valence-corrected chi connectivity index (χ3v) is 6.38. The molecule has 0 spiro atoms. The fourth-order valence-corrected chi connectivity index (χ4v) is 4.29. The first-order chi connectivity index (χ1) is 15.0. The lowest BCUT2D eigenvalue weighted by Crippen LogP contribution is -2.46. The maximum absolute atomic E-state index is 13.2. The number of halogens is 2. The van der Waals surface area contributed by atoms with Crippen molar-refractivity contribution in [3.05, 3.63) is 68.8 Å². The molecule has 0 saturated carbocycles. The van der Waals surface area contributed by atoms with E-state index in [9.17, 15) is 4.79 Å². The van der Waals surface area contributed by atoms with Gasteiger partial charge in [-0.15, -0.1) is 0 Å². The predicted molar refractivity (Wildman–Crippen MR) is 133 cm³/mol. The highest BCUT2D eigenvalue weighted by atomic mass is 79.9. The number of nitrogens with zero attached hydrogens (tertiary/aromatic N) is 2. The lowest BCUT2D eigenvalue weighted by molar-refractivity contribution is 0.0942. The first-order valence-corrected chi connectivity index (χ1v) is 11.6. The molecule has 3 aromatic rings. The normalized spacial score (nSPS) is 15.7. The van der Waals surface area contributed by atoms with Crippen LogP contribution in [0, 0.1) is 0 Å². The Bertz CT molecular complexity index is 1080. The van der Waals surface area contributed by atoms with Crippen molar-refractivity contribution < 1.29 is 4.79 Å². The van der Waals surface area contributed by atoms with Crippen LogP contribution in [0.5, 0.6) is 0 Å². The van der Waals surface area contributed by atoms with Crippen LogP contribution in [0.4, 0.5) is 0 Å². The van der Waals surface area contributed by atoms with E-state index in [0.717, 1.165) is 59.4 Å². The Balaban J connectivity index is 1.52. The molecule has 7 heteroatoms. The third kappa shape index (κ3) is 5.57. The number of benzene rings is 2. The van der Waals surface area contributed by atoms with E-state index in [-0.39, 0.29) is 5.91 Å². The minimum Gasteiger partial charge on any atom is -0.354 e. The van der Waals surface area contributed by atoms with Crippen molar-refractivity contribution >= 4 is 56.5 Å². The van der Waals surface area contributed by atoms with Crippen molar-refractivity contribution in [1.29, 1.82) is 0 Å². The summed E-state index contributed by atoms with van der Waals surface area (Å²) in [4.78, 5) is 21.3. The van der Waals surface area contributed by atoms with E-state index in [0.29, 0.717) is 17.1 Å². The topological polar surface area (TPSA) is 51.4 Å². The van der Waals surface area contributed by atoms with Crippen molar-refractivity contribution in [1.82, 2.24) is 20.1 Å². The van der Waals surface area contributed by atoms with Crippen LogP contribution < -0.4 is 5.32 Å². The monoisotopic (exact) mass is 500 g/mol. The zero-order valence-corrected chi connectivity index (χ0v) is 19.8. The Morgan fingerprint density at radius 1 is 1.13 bits per heavy atom. The molecule has 2 N–H and O–H groups in total. The van der Waals surface area contributed by atoms with Gasteiger partial charge in [0.25, 0.3) is 5.91 Å². The van der Waals surface area contributed by atoms with Crippen molar-refractivity contribution in [3.63, 3.8) is 0 Å². The Morgan fingerprint density at radius 2 is 1.87 bits per heavy atom. The Kier molecular flexibility index (Phi) is 7.13. The van der Waals surface area contributed by atoms with Gasteiger partial charge in [-0.3, -0.25) is 9.69 Å². The number of amides is 1. The molecule has 2 aromatic carbocycles. The molecule has 2 heterocycles. The van der Waals surface area contributed by atoms with Crippen LogP contribution in [0.3, 0.4) is 0 Å². The van der Waals surface area contributed by atoms with Gasteiger partial charge in [0.1, 0.15) is 0 Å². The molecule has 1 fully saturated rings. The number of carbonyl (C=O) groups excluding carboxylic acids is 1. The number of rotatable bonds is 6. The first kappa shape index (κ1) is 22.1. The summed E-state index contributed by atoms with van der Waals surface area (Å²) < 4.78 is 0.969. The molecule has 0 aliphatic carbocycles. The van der Waals surface area contributed by atoms with Gasteiger partial charge < -0.3 is 15.2 Å². The van der Waals surface area contributed by atoms with E-state index >= 15 is 0 Å². The second-order valence-corrected chi connectivity index (χ2v) is 9.24. The molecule has 4 rings (SSSR count). The van der Waals surface area contributed by atoms with Gasteiger partial charge in [-0.05, 0) is 43.0 Å². The Morgan fingerprint density at radius 3 is 2.61 bits per heavy atom. The SMILES string of the molecule is CN1CCN(CCNC(=O)c2c(/C=C/c3ccc(Cl)cc3)[nH]c3cc(Br)ccc23)CC1. The van der Waals surface area contributed by atoms with Crippen LogP contribution >= 0.6 is 27.5 Å². The molecule has 31 heavy (non-hydrogen) atoms. The van der Waals surface area contributed by atoms with E-state index in [2.05, 4.69) is 43.1 Å². The lowest BCUT2D eigenvalue weighted by atomic mass is 10.1. The summed E-state index contributed by atoms with van der Waals surface area (Å²) in [5, 5.41) is 4.73. The molecule has 1 saturated heterocycles. The van der Waals surface area contributed by atoms with Crippen LogP contribution in [0.1, 0.15) is 21.6 Å². The summed E-state index contributed by atoms with van der Waals surface area (Å²) >= 11 is 9.50. The minimum atomic E-state index is -0.0570. The van der Waals surface area contributed by atoms with Crippen molar-refractivity contribution in [3.8, 4) is 0 Å². The van der Waals surface area contributed by atoms with Gasteiger partial charge in [0, 0.05) is 59.7 Å². The van der Waals surface area contributed by atoms with Gasteiger partial charge in [0.2, 0.25) is 0 Å². The molecule has 0 radical (unpaired) electrons. The number of hydrogen-bond donors (Lipinski definition) is 2. The van der Waals surface area contributed by atoms with Gasteiger partial charge in [-0.2, -0.15) is 0 Å². The third-order valence-electron chi connectivity index (χ3n) is 5.64.